The van der Waals surface area contributed by atoms with Gasteiger partial charge < -0.3 is 15.4 Å². The van der Waals surface area contributed by atoms with Crippen LogP contribution in [0.1, 0.15) is 39.3 Å². The van der Waals surface area contributed by atoms with Crippen LogP contribution < -0.4 is 10.6 Å². The van der Waals surface area contributed by atoms with Crippen molar-refractivity contribution in [3.05, 3.63) is 66.4 Å². The number of benzene rings is 2. The van der Waals surface area contributed by atoms with Gasteiger partial charge in [-0.2, -0.15) is 8.42 Å². The lowest BCUT2D eigenvalue weighted by atomic mass is 9.95. The standard InChI is InChI=1S/C26H32N4O4S/c1-4-14-26(3,34-35(31,32)22-8-6-5-7-9-22)23-17-24(30-15-16-33-18-19(30)2)29-25(28-23)20-10-12-21(27)13-11-20/h5-13,17,19H,4,14-16,18,27H2,1-3H3/t19-,26?/m0/s1. The first-order chi connectivity index (χ1) is 16.7. The quantitative estimate of drug-likeness (QED) is 0.362. The number of ether oxygens (including phenoxy) is 1. The Bertz CT molecular complexity index is 1250. The number of nitrogens with zero attached hydrogens (tertiary/aromatic N) is 3. The summed E-state index contributed by atoms with van der Waals surface area (Å²) in [5, 5.41) is 0. The molecular formula is C26H32N4O4S. The minimum Gasteiger partial charge on any atom is -0.399 e. The highest BCUT2D eigenvalue weighted by atomic mass is 32.2. The summed E-state index contributed by atoms with van der Waals surface area (Å²) in [5.41, 5.74) is 6.62. The van der Waals surface area contributed by atoms with Crippen molar-refractivity contribution >= 4 is 21.6 Å². The summed E-state index contributed by atoms with van der Waals surface area (Å²) in [6.07, 6.45) is 1.15. The first-order valence-electron chi connectivity index (χ1n) is 11.8. The summed E-state index contributed by atoms with van der Waals surface area (Å²) >= 11 is 0. The van der Waals surface area contributed by atoms with Crippen LogP contribution in [0.15, 0.2) is 65.6 Å². The van der Waals surface area contributed by atoms with Gasteiger partial charge in [-0.1, -0.05) is 31.5 Å². The van der Waals surface area contributed by atoms with Crippen molar-refractivity contribution in [3.63, 3.8) is 0 Å². The lowest BCUT2D eigenvalue weighted by Gasteiger charge is -2.35. The molecule has 0 saturated carbocycles. The molecule has 1 saturated heterocycles. The van der Waals surface area contributed by atoms with Crippen LogP contribution in [0.4, 0.5) is 11.5 Å². The zero-order valence-electron chi connectivity index (χ0n) is 20.3. The van der Waals surface area contributed by atoms with Crippen LogP contribution in [0.25, 0.3) is 11.4 Å². The van der Waals surface area contributed by atoms with Crippen molar-refractivity contribution in [2.24, 2.45) is 0 Å². The van der Waals surface area contributed by atoms with E-state index in [4.69, 9.17) is 24.6 Å². The average Bonchev–Trinajstić information content (AvgIpc) is 2.85. The monoisotopic (exact) mass is 496 g/mol. The average molecular weight is 497 g/mol. The number of nitrogen functional groups attached to an aromatic ring is 1. The van der Waals surface area contributed by atoms with Gasteiger partial charge in [-0.3, -0.25) is 4.18 Å². The molecule has 1 aliphatic rings. The molecule has 8 nitrogen and oxygen atoms in total. The maximum Gasteiger partial charge on any atom is 0.297 e. The van der Waals surface area contributed by atoms with Crippen LogP contribution in [0.5, 0.6) is 0 Å². The summed E-state index contributed by atoms with van der Waals surface area (Å²) in [5.74, 6) is 1.19. The molecule has 0 spiro atoms. The van der Waals surface area contributed by atoms with E-state index in [1.807, 2.05) is 25.1 Å². The summed E-state index contributed by atoms with van der Waals surface area (Å²) in [4.78, 5) is 11.9. The van der Waals surface area contributed by atoms with Gasteiger partial charge in [0.1, 0.15) is 11.4 Å². The molecule has 0 bridgehead atoms. The maximum atomic E-state index is 13.2. The largest absolute Gasteiger partial charge is 0.399 e. The summed E-state index contributed by atoms with van der Waals surface area (Å²) < 4.78 is 38.0. The van der Waals surface area contributed by atoms with Crippen molar-refractivity contribution in [2.45, 2.75) is 50.2 Å². The van der Waals surface area contributed by atoms with Crippen molar-refractivity contribution in [2.75, 3.05) is 30.4 Å². The van der Waals surface area contributed by atoms with Crippen LogP contribution in [0, 0.1) is 0 Å². The van der Waals surface area contributed by atoms with Gasteiger partial charge in [-0.05, 0) is 56.7 Å². The summed E-state index contributed by atoms with van der Waals surface area (Å²) in [6.45, 7) is 7.69. The second-order valence-corrected chi connectivity index (χ2v) is 10.6. The van der Waals surface area contributed by atoms with E-state index in [1.165, 1.54) is 12.1 Å². The Morgan fingerprint density at radius 1 is 1.14 bits per heavy atom. The molecular weight excluding hydrogens is 464 g/mol. The topological polar surface area (TPSA) is 108 Å². The van der Waals surface area contributed by atoms with Gasteiger partial charge in [0.05, 0.1) is 29.8 Å². The normalized spacial score (nSPS) is 18.3. The van der Waals surface area contributed by atoms with Crippen molar-refractivity contribution in [1.29, 1.82) is 0 Å². The molecule has 186 valence electrons. The van der Waals surface area contributed by atoms with E-state index in [0.717, 1.165) is 5.56 Å². The fraction of sp³-hybridized carbons (Fsp3) is 0.385. The fourth-order valence-corrected chi connectivity index (χ4v) is 5.49. The van der Waals surface area contributed by atoms with Gasteiger partial charge in [0, 0.05) is 23.9 Å². The Morgan fingerprint density at radius 2 is 1.86 bits per heavy atom. The molecule has 1 fully saturated rings. The van der Waals surface area contributed by atoms with Gasteiger partial charge in [0.25, 0.3) is 10.1 Å². The van der Waals surface area contributed by atoms with Crippen molar-refractivity contribution < 1.29 is 17.3 Å². The van der Waals surface area contributed by atoms with Crippen molar-refractivity contribution in [1.82, 2.24) is 9.97 Å². The molecule has 2 heterocycles. The zero-order chi connectivity index (χ0) is 25.1. The number of hydrogen-bond acceptors (Lipinski definition) is 8. The Balaban J connectivity index is 1.83. The lowest BCUT2D eigenvalue weighted by Crippen LogP contribution is -2.44. The van der Waals surface area contributed by atoms with E-state index >= 15 is 0 Å². The summed E-state index contributed by atoms with van der Waals surface area (Å²) in [6, 6.07) is 17.4. The highest BCUT2D eigenvalue weighted by Gasteiger charge is 2.37. The first kappa shape index (κ1) is 25.1. The van der Waals surface area contributed by atoms with E-state index < -0.39 is 15.7 Å². The molecule has 2 atom stereocenters. The fourth-order valence-electron chi connectivity index (χ4n) is 4.25. The van der Waals surface area contributed by atoms with Gasteiger partial charge in [-0.25, -0.2) is 9.97 Å². The molecule has 1 aliphatic heterocycles. The van der Waals surface area contributed by atoms with Crippen LogP contribution in [-0.2, 0) is 24.6 Å². The molecule has 2 aromatic carbocycles. The van der Waals surface area contributed by atoms with E-state index in [-0.39, 0.29) is 10.9 Å². The van der Waals surface area contributed by atoms with Crippen LogP contribution in [0.3, 0.4) is 0 Å². The molecule has 4 rings (SSSR count). The Morgan fingerprint density at radius 3 is 2.51 bits per heavy atom. The second-order valence-electron chi connectivity index (χ2n) is 9.01. The Hall–Kier alpha value is -3.01. The smallest absolute Gasteiger partial charge is 0.297 e. The highest BCUT2D eigenvalue weighted by molar-refractivity contribution is 7.86. The number of nitrogens with two attached hydrogens (primary N) is 1. The number of morpholine rings is 1. The van der Waals surface area contributed by atoms with Crippen LogP contribution >= 0.6 is 0 Å². The highest BCUT2D eigenvalue weighted by Crippen LogP contribution is 2.36. The molecule has 35 heavy (non-hydrogen) atoms. The summed E-state index contributed by atoms with van der Waals surface area (Å²) in [7, 11) is -4.03. The Kier molecular flexibility index (Phi) is 7.39. The van der Waals surface area contributed by atoms with E-state index in [9.17, 15) is 8.42 Å². The second kappa shape index (κ2) is 10.3. The third kappa shape index (κ3) is 5.63. The van der Waals surface area contributed by atoms with E-state index in [0.29, 0.717) is 55.6 Å². The number of anilines is 2. The molecule has 2 N–H and O–H groups in total. The molecule has 1 unspecified atom stereocenters. The van der Waals surface area contributed by atoms with Gasteiger partial charge in [-0.15, -0.1) is 0 Å². The number of hydrogen-bond donors (Lipinski definition) is 1. The third-order valence-corrected chi connectivity index (χ3v) is 7.57. The Labute approximate surface area is 207 Å². The minimum absolute atomic E-state index is 0.108. The molecule has 3 aromatic rings. The minimum atomic E-state index is -4.03. The lowest BCUT2D eigenvalue weighted by molar-refractivity contribution is 0.0793. The third-order valence-electron chi connectivity index (χ3n) is 6.14. The SMILES string of the molecule is CCCC(C)(OS(=O)(=O)c1ccccc1)c1cc(N2CCOC[C@@H]2C)nc(-c2ccc(N)cc2)n1. The van der Waals surface area contributed by atoms with Crippen molar-refractivity contribution in [3.8, 4) is 11.4 Å². The van der Waals surface area contributed by atoms with Crippen LogP contribution in [0.2, 0.25) is 0 Å². The van der Waals surface area contributed by atoms with Gasteiger partial charge in [0.2, 0.25) is 0 Å². The zero-order valence-corrected chi connectivity index (χ0v) is 21.2. The van der Waals surface area contributed by atoms with E-state index in [2.05, 4.69) is 11.8 Å². The van der Waals surface area contributed by atoms with E-state index in [1.54, 1.807) is 37.3 Å². The maximum absolute atomic E-state index is 13.2. The van der Waals surface area contributed by atoms with Gasteiger partial charge in [0.15, 0.2) is 5.82 Å². The first-order valence-corrected chi connectivity index (χ1v) is 13.2. The van der Waals surface area contributed by atoms with Crippen LogP contribution in [-0.4, -0.2) is 44.2 Å². The molecule has 0 aliphatic carbocycles. The molecule has 9 heteroatoms. The number of rotatable bonds is 8. The number of aromatic nitrogens is 2. The van der Waals surface area contributed by atoms with Gasteiger partial charge >= 0.3 is 0 Å². The molecule has 0 radical (unpaired) electrons. The predicted molar refractivity (Wildman–Crippen MR) is 136 cm³/mol. The molecule has 0 amide bonds. The predicted octanol–water partition coefficient (Wildman–Crippen LogP) is 4.37. The molecule has 1 aromatic heterocycles.